The van der Waals surface area contributed by atoms with Gasteiger partial charge in [-0.15, -0.1) is 0 Å². The molecule has 4 rings (SSSR count). The molecule has 0 bridgehead atoms. The summed E-state index contributed by atoms with van der Waals surface area (Å²) in [6.07, 6.45) is -0.172. The van der Waals surface area contributed by atoms with Gasteiger partial charge >= 0.3 is 5.97 Å². The van der Waals surface area contributed by atoms with Gasteiger partial charge in [-0.2, -0.15) is 4.72 Å². The van der Waals surface area contributed by atoms with Gasteiger partial charge in [-0.3, -0.25) is 4.79 Å². The van der Waals surface area contributed by atoms with Crippen molar-refractivity contribution < 1.29 is 41.3 Å². The molecule has 38 heavy (non-hydrogen) atoms. The minimum atomic E-state index is -4.29. The molecule has 0 saturated carbocycles. The van der Waals surface area contributed by atoms with Crippen LogP contribution >= 0.6 is 11.6 Å². The van der Waals surface area contributed by atoms with Crippen LogP contribution in [-0.2, 0) is 36.7 Å². The number of hydrogen-bond donors (Lipinski definition) is 2. The summed E-state index contributed by atoms with van der Waals surface area (Å²) in [4.78, 5) is 12.0. The molecule has 3 aromatic rings. The largest absolute Gasteiger partial charge is 0.489 e. The Labute approximate surface area is 223 Å². The number of carbonyl (C=O) groups is 1. The Morgan fingerprint density at radius 1 is 1.05 bits per heavy atom. The summed E-state index contributed by atoms with van der Waals surface area (Å²) in [6.45, 7) is -0.509. The molecule has 8 nitrogen and oxygen atoms in total. The fraction of sp³-hybridized carbons (Fsp3) is 0.269. The highest BCUT2D eigenvalue weighted by Gasteiger charge is 2.51. The zero-order valence-corrected chi connectivity index (χ0v) is 21.7. The average Bonchev–Trinajstić information content (AvgIpc) is 2.89. The molecule has 0 aliphatic carbocycles. The molecule has 1 saturated heterocycles. The summed E-state index contributed by atoms with van der Waals surface area (Å²) in [5.74, 6) is -3.39. The van der Waals surface area contributed by atoms with Gasteiger partial charge in [0.05, 0.1) is 16.5 Å². The number of benzene rings is 3. The van der Waals surface area contributed by atoms with E-state index >= 15 is 0 Å². The van der Waals surface area contributed by atoms with Crippen molar-refractivity contribution >= 4 is 27.6 Å². The van der Waals surface area contributed by atoms with Crippen LogP contribution < -0.4 is 9.46 Å². The quantitative estimate of drug-likeness (QED) is 0.388. The lowest BCUT2D eigenvalue weighted by atomic mass is 9.87. The summed E-state index contributed by atoms with van der Waals surface area (Å²) < 4.78 is 72.0. The third-order valence-electron chi connectivity index (χ3n) is 6.33. The maximum Gasteiger partial charge on any atom is 0.327 e. The normalized spacial score (nSPS) is 21.7. The van der Waals surface area contributed by atoms with Gasteiger partial charge in [0.1, 0.15) is 24.0 Å². The van der Waals surface area contributed by atoms with Crippen molar-refractivity contribution in [1.82, 2.24) is 4.72 Å². The minimum absolute atomic E-state index is 0.0112. The molecule has 2 N–H and O–H groups in total. The van der Waals surface area contributed by atoms with Crippen molar-refractivity contribution in [3.63, 3.8) is 0 Å². The number of aliphatic carboxylic acids is 1. The van der Waals surface area contributed by atoms with Crippen LogP contribution in [0, 0.1) is 11.6 Å². The lowest BCUT2D eigenvalue weighted by Crippen LogP contribution is -2.62. The summed E-state index contributed by atoms with van der Waals surface area (Å²) in [6, 6.07) is 14.6. The van der Waals surface area contributed by atoms with Gasteiger partial charge in [-0.05, 0) is 55.0 Å². The first-order chi connectivity index (χ1) is 18.0. The first-order valence-corrected chi connectivity index (χ1v) is 13.2. The van der Waals surface area contributed by atoms with Crippen LogP contribution in [0.5, 0.6) is 5.75 Å². The Hall–Kier alpha value is -3.09. The van der Waals surface area contributed by atoms with Gasteiger partial charge < -0.3 is 19.3 Å². The van der Waals surface area contributed by atoms with Crippen molar-refractivity contribution in [2.45, 2.75) is 35.7 Å². The molecule has 1 aliphatic heterocycles. The van der Waals surface area contributed by atoms with Crippen molar-refractivity contribution in [2.75, 3.05) is 13.7 Å². The Kier molecular flexibility index (Phi) is 8.05. The van der Waals surface area contributed by atoms with Gasteiger partial charge in [-0.1, -0.05) is 29.8 Å². The standard InChI is InChI=1S/C26H24ClF2NO7S/c1-35-26(18-3-6-19(28)7-4-18)13-12-25(16-37-26,24(31)32)30-38(33,34)22-10-8-21(9-11-22)36-15-17-2-5-20(29)14-23(17)27/h2-11,14,30H,12-13,15-16H2,1H3,(H,31,32). The molecule has 2 unspecified atom stereocenters. The predicted octanol–water partition coefficient (Wildman–Crippen LogP) is 4.61. The molecule has 12 heteroatoms. The molecule has 3 aromatic carbocycles. The van der Waals surface area contributed by atoms with E-state index in [0.717, 1.165) is 6.07 Å². The van der Waals surface area contributed by atoms with Gasteiger partial charge in [0.2, 0.25) is 10.0 Å². The number of sulfonamides is 1. The summed E-state index contributed by atoms with van der Waals surface area (Å²) in [5.41, 5.74) is -0.948. The van der Waals surface area contributed by atoms with Crippen LogP contribution in [0.15, 0.2) is 71.6 Å². The monoisotopic (exact) mass is 567 g/mol. The second-order valence-electron chi connectivity index (χ2n) is 8.74. The molecule has 0 amide bonds. The maximum absolute atomic E-state index is 13.4. The molecule has 2 atom stereocenters. The smallest absolute Gasteiger partial charge is 0.327 e. The van der Waals surface area contributed by atoms with Crippen molar-refractivity contribution in [3.8, 4) is 5.75 Å². The fourth-order valence-electron chi connectivity index (χ4n) is 4.10. The number of nitrogens with one attached hydrogen (secondary N) is 1. The number of rotatable bonds is 9. The maximum atomic E-state index is 13.4. The highest BCUT2D eigenvalue weighted by molar-refractivity contribution is 7.89. The topological polar surface area (TPSA) is 111 Å². The Morgan fingerprint density at radius 2 is 1.71 bits per heavy atom. The molecule has 202 valence electrons. The summed E-state index contributed by atoms with van der Waals surface area (Å²) in [5, 5.41) is 10.2. The van der Waals surface area contributed by atoms with E-state index in [1.165, 1.54) is 67.8 Å². The molecule has 1 fully saturated rings. The molecule has 0 spiro atoms. The van der Waals surface area contributed by atoms with E-state index in [9.17, 15) is 27.1 Å². The van der Waals surface area contributed by atoms with Gasteiger partial charge in [0, 0.05) is 24.7 Å². The summed E-state index contributed by atoms with van der Waals surface area (Å²) in [7, 11) is -2.92. The van der Waals surface area contributed by atoms with Crippen LogP contribution in [0.3, 0.4) is 0 Å². The van der Waals surface area contributed by atoms with E-state index in [0.29, 0.717) is 16.9 Å². The van der Waals surface area contributed by atoms with E-state index in [1.807, 2.05) is 0 Å². The number of carboxylic acid groups (broad SMARTS) is 1. The van der Waals surface area contributed by atoms with Crippen LogP contribution in [0.4, 0.5) is 8.78 Å². The first kappa shape index (κ1) is 27.9. The zero-order chi connectivity index (χ0) is 27.6. The van der Waals surface area contributed by atoms with E-state index in [-0.39, 0.29) is 29.4 Å². The molecular formula is C26H24ClF2NO7S. The fourth-order valence-corrected chi connectivity index (χ4v) is 5.69. The zero-order valence-electron chi connectivity index (χ0n) is 20.1. The van der Waals surface area contributed by atoms with Gasteiger partial charge in [0.25, 0.3) is 0 Å². The van der Waals surface area contributed by atoms with Crippen molar-refractivity contribution in [1.29, 1.82) is 0 Å². The Balaban J connectivity index is 1.47. The molecule has 0 radical (unpaired) electrons. The number of ether oxygens (including phenoxy) is 3. The first-order valence-electron chi connectivity index (χ1n) is 11.4. The lowest BCUT2D eigenvalue weighted by molar-refractivity contribution is -0.265. The second kappa shape index (κ2) is 11.0. The number of hydrogen-bond acceptors (Lipinski definition) is 6. The number of halogens is 3. The van der Waals surface area contributed by atoms with Crippen molar-refractivity contribution in [2.24, 2.45) is 0 Å². The average molecular weight is 568 g/mol. The van der Waals surface area contributed by atoms with Crippen LogP contribution in [0.2, 0.25) is 5.02 Å². The minimum Gasteiger partial charge on any atom is -0.489 e. The third-order valence-corrected chi connectivity index (χ3v) is 8.23. The van der Waals surface area contributed by atoms with Crippen LogP contribution in [0.25, 0.3) is 0 Å². The summed E-state index contributed by atoms with van der Waals surface area (Å²) >= 11 is 5.99. The van der Waals surface area contributed by atoms with Gasteiger partial charge in [-0.25, -0.2) is 17.2 Å². The lowest BCUT2D eigenvalue weighted by Gasteiger charge is -2.43. The van der Waals surface area contributed by atoms with E-state index in [2.05, 4.69) is 4.72 Å². The SMILES string of the molecule is COC1(c2ccc(F)cc2)CCC(NS(=O)(=O)c2ccc(OCc3ccc(F)cc3Cl)cc2)(C(=O)O)CO1. The molecule has 0 aromatic heterocycles. The Morgan fingerprint density at radius 3 is 2.26 bits per heavy atom. The van der Waals surface area contributed by atoms with Crippen molar-refractivity contribution in [3.05, 3.63) is 94.5 Å². The van der Waals surface area contributed by atoms with E-state index < -0.39 is 45.6 Å². The molecule has 1 aliphatic rings. The van der Waals surface area contributed by atoms with Crippen LogP contribution in [0.1, 0.15) is 24.0 Å². The molecule has 1 heterocycles. The van der Waals surface area contributed by atoms with E-state index in [1.54, 1.807) is 0 Å². The highest BCUT2D eigenvalue weighted by Crippen LogP contribution is 2.40. The number of carboxylic acids is 1. The van der Waals surface area contributed by atoms with E-state index in [4.69, 9.17) is 25.8 Å². The second-order valence-corrected chi connectivity index (χ2v) is 10.8. The van der Waals surface area contributed by atoms with Gasteiger partial charge in [0.15, 0.2) is 11.3 Å². The highest BCUT2D eigenvalue weighted by atomic mass is 35.5. The number of methoxy groups -OCH3 is 1. The Bertz CT molecular complexity index is 1410. The molecular weight excluding hydrogens is 544 g/mol. The predicted molar refractivity (Wildman–Crippen MR) is 133 cm³/mol. The third kappa shape index (κ3) is 5.82. The van der Waals surface area contributed by atoms with Crippen LogP contribution in [-0.4, -0.2) is 38.7 Å².